The summed E-state index contributed by atoms with van der Waals surface area (Å²) in [6.45, 7) is 2.35. The van der Waals surface area contributed by atoms with Gasteiger partial charge in [0, 0.05) is 16.5 Å². The summed E-state index contributed by atoms with van der Waals surface area (Å²) in [6.07, 6.45) is 4.63. The number of nitrogens with one attached hydrogen (secondary N) is 1. The molecule has 0 aliphatic carbocycles. The summed E-state index contributed by atoms with van der Waals surface area (Å²) in [7, 11) is 0. The zero-order valence-electron chi connectivity index (χ0n) is 13.0. The Morgan fingerprint density at radius 3 is 2.50 bits per heavy atom. The van der Waals surface area contributed by atoms with Gasteiger partial charge in [-0.1, -0.05) is 25.5 Å². The highest BCUT2D eigenvalue weighted by Gasteiger charge is 2.09. The maximum absolute atomic E-state index is 11.7. The highest BCUT2D eigenvalue weighted by atomic mass is 131. The second-order valence-electron chi connectivity index (χ2n) is 5.57. The first kappa shape index (κ1) is 18.9. The fraction of sp³-hybridized carbons (Fsp3) is 0.529. The van der Waals surface area contributed by atoms with E-state index in [0.29, 0.717) is 19.4 Å². The van der Waals surface area contributed by atoms with Crippen LogP contribution in [0.4, 0.5) is 0 Å². The Labute approximate surface area is 145 Å². The first-order valence-corrected chi connectivity index (χ1v) is 8.81. The lowest BCUT2D eigenvalue weighted by molar-refractivity contribution is -0.141. The number of carbonyl (C=O) groups is 2. The summed E-state index contributed by atoms with van der Waals surface area (Å²) in [4.78, 5) is 22.3. The monoisotopic (exact) mass is 421 g/mol. The maximum Gasteiger partial charge on any atom is 0.306 e. The Bertz CT molecular complexity index is 473. The molecule has 2 N–H and O–H groups in total. The number of halogens is 1. The van der Waals surface area contributed by atoms with E-state index in [1.807, 2.05) is 0 Å². The van der Waals surface area contributed by atoms with E-state index in [0.717, 1.165) is 25.7 Å². The summed E-state index contributed by atoms with van der Waals surface area (Å²) in [5.74, 6) is -0.971. The van der Waals surface area contributed by atoms with Crippen molar-refractivity contribution in [1.82, 2.24) is 5.32 Å². The number of unbranched alkanes of at least 4 members (excludes halogenated alkanes) is 1. The number of carbonyl (C=O) groups excluding carboxylic acids is 1. The molecule has 1 amide bonds. The number of aryl methyl sites for hydroxylation is 1. The standard InChI is InChI=1S/C17H24INO3/c1-13(17(21)22)5-2-3-12-19-16(20)7-4-6-14-8-10-15(18)11-9-14/h8-11,13H,2-7,12H2,1H3,(H,19,20)(H,21,22)/t13-/m0/s1/i18+4. The summed E-state index contributed by atoms with van der Waals surface area (Å²) in [5.41, 5.74) is 1.26. The minimum Gasteiger partial charge on any atom is -0.481 e. The number of carboxylic acid groups (broad SMARTS) is 1. The molecular weight excluding hydrogens is 397 g/mol. The number of amides is 1. The smallest absolute Gasteiger partial charge is 0.306 e. The second-order valence-corrected chi connectivity index (χ2v) is 6.81. The fourth-order valence-electron chi connectivity index (χ4n) is 2.12. The normalized spacial score (nSPS) is 11.9. The minimum absolute atomic E-state index is 0.0804. The van der Waals surface area contributed by atoms with E-state index in [4.69, 9.17) is 5.11 Å². The number of aliphatic carboxylic acids is 1. The molecule has 1 rings (SSSR count). The van der Waals surface area contributed by atoms with Crippen molar-refractivity contribution in [2.45, 2.75) is 45.4 Å². The Morgan fingerprint density at radius 1 is 1.18 bits per heavy atom. The Hall–Kier alpha value is -1.11. The molecule has 4 nitrogen and oxygen atoms in total. The van der Waals surface area contributed by atoms with Gasteiger partial charge in [0.1, 0.15) is 0 Å². The SMILES string of the molecule is C[C@@H](CCCCNC(=O)CCCc1ccc([131I])cc1)C(=O)O. The number of hydrogen-bond acceptors (Lipinski definition) is 2. The molecule has 0 aliphatic heterocycles. The van der Waals surface area contributed by atoms with E-state index < -0.39 is 5.97 Å². The van der Waals surface area contributed by atoms with Crippen molar-refractivity contribution in [3.63, 3.8) is 0 Å². The van der Waals surface area contributed by atoms with Gasteiger partial charge in [-0.15, -0.1) is 0 Å². The van der Waals surface area contributed by atoms with Crippen molar-refractivity contribution >= 4 is 34.5 Å². The molecule has 1 aromatic rings. The quantitative estimate of drug-likeness (QED) is 0.448. The summed E-state index contributed by atoms with van der Waals surface area (Å²) >= 11 is 2.28. The number of hydrogen-bond donors (Lipinski definition) is 2. The Kier molecular flexibility index (Phi) is 9.11. The van der Waals surface area contributed by atoms with E-state index >= 15 is 0 Å². The molecule has 0 radical (unpaired) electrons. The number of carboxylic acids is 1. The van der Waals surface area contributed by atoms with Gasteiger partial charge in [0.2, 0.25) is 5.91 Å². The molecule has 5 heteroatoms. The Balaban J connectivity index is 2.04. The highest BCUT2D eigenvalue weighted by Crippen LogP contribution is 2.10. The molecule has 0 spiro atoms. The molecule has 122 valence electrons. The third-order valence-corrected chi connectivity index (χ3v) is 4.31. The van der Waals surface area contributed by atoms with Crippen LogP contribution in [-0.4, -0.2) is 23.5 Å². The van der Waals surface area contributed by atoms with Crippen LogP contribution in [0.1, 0.15) is 44.6 Å². The van der Waals surface area contributed by atoms with Crippen molar-refractivity contribution < 1.29 is 14.7 Å². The van der Waals surface area contributed by atoms with Crippen LogP contribution in [0, 0.1) is 9.49 Å². The molecule has 0 saturated heterocycles. The van der Waals surface area contributed by atoms with Crippen LogP contribution < -0.4 is 5.32 Å². The Morgan fingerprint density at radius 2 is 1.86 bits per heavy atom. The van der Waals surface area contributed by atoms with Crippen LogP contribution in [0.5, 0.6) is 0 Å². The predicted molar refractivity (Wildman–Crippen MR) is 95.8 cm³/mol. The van der Waals surface area contributed by atoms with E-state index in [1.54, 1.807) is 6.92 Å². The lowest BCUT2D eigenvalue weighted by Crippen LogP contribution is -2.24. The van der Waals surface area contributed by atoms with Gasteiger partial charge < -0.3 is 10.4 Å². The maximum atomic E-state index is 11.7. The van der Waals surface area contributed by atoms with Crippen LogP contribution in [-0.2, 0) is 16.0 Å². The zero-order valence-corrected chi connectivity index (χ0v) is 15.1. The third kappa shape index (κ3) is 8.36. The zero-order chi connectivity index (χ0) is 16.4. The van der Waals surface area contributed by atoms with E-state index in [1.165, 1.54) is 9.13 Å². The van der Waals surface area contributed by atoms with Crippen molar-refractivity contribution in [1.29, 1.82) is 0 Å². The van der Waals surface area contributed by atoms with Crippen molar-refractivity contribution in [3.8, 4) is 0 Å². The molecule has 0 fully saturated rings. The first-order valence-electron chi connectivity index (χ1n) is 7.73. The largest absolute Gasteiger partial charge is 0.481 e. The lowest BCUT2D eigenvalue weighted by atomic mass is 10.0. The predicted octanol–water partition coefficient (Wildman–Crippen LogP) is 3.62. The van der Waals surface area contributed by atoms with Crippen LogP contribution in [0.25, 0.3) is 0 Å². The van der Waals surface area contributed by atoms with Crippen LogP contribution in [0.3, 0.4) is 0 Å². The fourth-order valence-corrected chi connectivity index (χ4v) is 2.48. The summed E-state index contributed by atoms with van der Waals surface area (Å²) in [5, 5.41) is 11.7. The lowest BCUT2D eigenvalue weighted by Gasteiger charge is -2.07. The van der Waals surface area contributed by atoms with Gasteiger partial charge in [-0.3, -0.25) is 9.59 Å². The average Bonchev–Trinajstić information content (AvgIpc) is 2.48. The van der Waals surface area contributed by atoms with Crippen molar-refractivity contribution in [3.05, 3.63) is 33.4 Å². The third-order valence-electron chi connectivity index (χ3n) is 3.59. The molecule has 1 atom stereocenters. The molecule has 0 aromatic heterocycles. The number of rotatable bonds is 10. The molecule has 0 aliphatic rings. The van der Waals surface area contributed by atoms with Crippen LogP contribution >= 0.6 is 22.6 Å². The molecule has 1 aromatic carbocycles. The molecule has 22 heavy (non-hydrogen) atoms. The highest BCUT2D eigenvalue weighted by molar-refractivity contribution is 14.1. The summed E-state index contributed by atoms with van der Waals surface area (Å²) in [6, 6.07) is 8.36. The summed E-state index contributed by atoms with van der Waals surface area (Å²) < 4.78 is 1.22. The topological polar surface area (TPSA) is 66.4 Å². The van der Waals surface area contributed by atoms with Crippen molar-refractivity contribution in [2.75, 3.05) is 6.54 Å². The van der Waals surface area contributed by atoms with Crippen LogP contribution in [0.15, 0.2) is 24.3 Å². The first-order chi connectivity index (χ1) is 10.5. The molecule has 0 unspecified atom stereocenters. The van der Waals surface area contributed by atoms with Gasteiger partial charge in [0.15, 0.2) is 0 Å². The molecule has 0 heterocycles. The molecule has 0 bridgehead atoms. The van der Waals surface area contributed by atoms with E-state index in [2.05, 4.69) is 52.2 Å². The minimum atomic E-state index is -0.750. The molecule has 0 saturated carbocycles. The van der Waals surface area contributed by atoms with Crippen molar-refractivity contribution in [2.24, 2.45) is 5.92 Å². The van der Waals surface area contributed by atoms with Gasteiger partial charge in [-0.2, -0.15) is 0 Å². The van der Waals surface area contributed by atoms with Gasteiger partial charge in [0.25, 0.3) is 0 Å². The van der Waals surface area contributed by atoms with Crippen LogP contribution in [0.2, 0.25) is 0 Å². The van der Waals surface area contributed by atoms with Gasteiger partial charge in [-0.05, 0) is 66.0 Å². The van der Waals surface area contributed by atoms with Gasteiger partial charge in [0.05, 0.1) is 5.92 Å². The van der Waals surface area contributed by atoms with E-state index in [9.17, 15) is 9.59 Å². The number of benzene rings is 1. The van der Waals surface area contributed by atoms with Gasteiger partial charge >= 0.3 is 5.97 Å². The average molecular weight is 421 g/mol. The van der Waals surface area contributed by atoms with Gasteiger partial charge in [-0.25, -0.2) is 0 Å². The second kappa shape index (κ2) is 10.6. The van der Waals surface area contributed by atoms with E-state index in [-0.39, 0.29) is 11.8 Å². The molecular formula is C17H24INO3.